The predicted molar refractivity (Wildman–Crippen MR) is 94.8 cm³/mol. The van der Waals surface area contributed by atoms with Crippen LogP contribution in [0.25, 0.3) is 5.69 Å². The number of carbonyl (C=O) groups is 3. The van der Waals surface area contributed by atoms with Crippen LogP contribution in [-0.2, 0) is 9.53 Å². The summed E-state index contributed by atoms with van der Waals surface area (Å²) >= 11 is 0. The Morgan fingerprint density at radius 3 is 2.63 bits per heavy atom. The third-order valence-electron chi connectivity index (χ3n) is 3.53. The molecular formula is C17H20N4O6. The fraction of sp³-hybridized carbons (Fsp3) is 0.294. The molecule has 27 heavy (non-hydrogen) atoms. The second kappa shape index (κ2) is 8.32. The van der Waals surface area contributed by atoms with Gasteiger partial charge in [0.1, 0.15) is 0 Å². The molecule has 1 unspecified atom stereocenters. The summed E-state index contributed by atoms with van der Waals surface area (Å²) in [7, 11) is 0. The van der Waals surface area contributed by atoms with E-state index in [0.717, 1.165) is 6.92 Å². The summed E-state index contributed by atoms with van der Waals surface area (Å²) in [6, 6.07) is 7.46. The third kappa shape index (κ3) is 5.05. The van der Waals surface area contributed by atoms with Crippen molar-refractivity contribution in [2.45, 2.75) is 19.4 Å². The number of benzene rings is 1. The third-order valence-corrected chi connectivity index (χ3v) is 3.53. The number of ether oxygens (including phenoxy) is 1. The number of esters is 1. The zero-order valence-electron chi connectivity index (χ0n) is 14.8. The number of amides is 2. The van der Waals surface area contributed by atoms with Crippen molar-refractivity contribution in [3.05, 3.63) is 42.2 Å². The Morgan fingerprint density at radius 1 is 1.26 bits per heavy atom. The lowest BCUT2D eigenvalue weighted by Gasteiger charge is -2.19. The lowest BCUT2D eigenvalue weighted by Crippen LogP contribution is -2.47. The van der Waals surface area contributed by atoms with E-state index < -0.39 is 30.1 Å². The van der Waals surface area contributed by atoms with Gasteiger partial charge in [-0.05, 0) is 32.0 Å². The van der Waals surface area contributed by atoms with Gasteiger partial charge in [-0.2, -0.15) is 5.10 Å². The molecule has 0 saturated carbocycles. The van der Waals surface area contributed by atoms with E-state index in [9.17, 15) is 19.5 Å². The van der Waals surface area contributed by atoms with E-state index in [-0.39, 0.29) is 12.3 Å². The van der Waals surface area contributed by atoms with Crippen molar-refractivity contribution in [3.8, 4) is 5.69 Å². The van der Waals surface area contributed by atoms with Crippen LogP contribution < -0.4 is 10.6 Å². The first-order valence-electron chi connectivity index (χ1n) is 8.07. The van der Waals surface area contributed by atoms with Gasteiger partial charge in [0.2, 0.25) is 0 Å². The van der Waals surface area contributed by atoms with Crippen LogP contribution in [0.1, 0.15) is 24.3 Å². The van der Waals surface area contributed by atoms with Crippen LogP contribution in [0.3, 0.4) is 0 Å². The van der Waals surface area contributed by atoms with Crippen molar-refractivity contribution in [3.63, 3.8) is 0 Å². The molecule has 144 valence electrons. The van der Waals surface area contributed by atoms with Crippen molar-refractivity contribution >= 4 is 23.7 Å². The van der Waals surface area contributed by atoms with Crippen LogP contribution in [0, 0.1) is 0 Å². The van der Waals surface area contributed by atoms with Gasteiger partial charge in [0.05, 0.1) is 24.5 Å². The smallest absolute Gasteiger partial charge is 0.358 e. The molecule has 0 radical (unpaired) electrons. The Kier molecular flexibility index (Phi) is 6.14. The first kappa shape index (κ1) is 19.9. The number of para-hydroxylation sites is 2. The number of carboxylic acids is 1. The molecule has 2 aromatic rings. The number of carbonyl (C=O) groups excluding carboxylic acids is 2. The fourth-order valence-corrected chi connectivity index (χ4v) is 2.05. The molecule has 1 aromatic carbocycles. The maximum absolute atomic E-state index is 12.0. The van der Waals surface area contributed by atoms with Gasteiger partial charge in [0, 0.05) is 6.20 Å². The van der Waals surface area contributed by atoms with Crippen molar-refractivity contribution in [1.29, 1.82) is 0 Å². The molecule has 0 aliphatic rings. The van der Waals surface area contributed by atoms with Gasteiger partial charge in [0.15, 0.2) is 11.3 Å². The van der Waals surface area contributed by atoms with Gasteiger partial charge in [-0.1, -0.05) is 12.1 Å². The molecular weight excluding hydrogens is 356 g/mol. The number of nitrogens with zero attached hydrogens (tertiary/aromatic N) is 2. The standard InChI is InChI=1S/C17H20N4O6/c1-3-27-14(22)12-8-9-21(20-12)13-7-5-4-6-11(13)19-16(25)18-10-17(2,26)15(23)24/h4-9,26H,3,10H2,1-2H3,(H,23,24)(H2,18,19,25). The summed E-state index contributed by atoms with van der Waals surface area (Å²) in [5, 5.41) is 27.5. The number of aliphatic carboxylic acids is 1. The predicted octanol–water partition coefficient (Wildman–Crippen LogP) is 1.01. The van der Waals surface area contributed by atoms with Crippen molar-refractivity contribution < 1.29 is 29.3 Å². The van der Waals surface area contributed by atoms with Gasteiger partial charge in [-0.15, -0.1) is 0 Å². The molecule has 0 saturated heterocycles. The molecule has 1 atom stereocenters. The highest BCUT2D eigenvalue weighted by molar-refractivity contribution is 5.92. The molecule has 1 heterocycles. The summed E-state index contributed by atoms with van der Waals surface area (Å²) in [6.45, 7) is 2.51. The van der Waals surface area contributed by atoms with Crippen LogP contribution in [0.4, 0.5) is 10.5 Å². The number of hydrogen-bond acceptors (Lipinski definition) is 6. The van der Waals surface area contributed by atoms with Gasteiger partial charge >= 0.3 is 18.0 Å². The van der Waals surface area contributed by atoms with E-state index in [1.54, 1.807) is 37.4 Å². The van der Waals surface area contributed by atoms with Crippen LogP contribution in [0.5, 0.6) is 0 Å². The Labute approximate surface area is 154 Å². The van der Waals surface area contributed by atoms with E-state index in [1.165, 1.54) is 10.7 Å². The second-order valence-corrected chi connectivity index (χ2v) is 5.77. The lowest BCUT2D eigenvalue weighted by molar-refractivity contribution is -0.155. The Balaban J connectivity index is 2.13. The van der Waals surface area contributed by atoms with Crippen molar-refractivity contribution in [2.24, 2.45) is 0 Å². The monoisotopic (exact) mass is 376 g/mol. The highest BCUT2D eigenvalue weighted by Crippen LogP contribution is 2.19. The summed E-state index contributed by atoms with van der Waals surface area (Å²) in [5.41, 5.74) is -1.13. The maximum Gasteiger partial charge on any atom is 0.358 e. The molecule has 10 heteroatoms. The summed E-state index contributed by atoms with van der Waals surface area (Å²) < 4.78 is 6.29. The number of urea groups is 1. The average Bonchev–Trinajstić information content (AvgIpc) is 3.11. The first-order valence-corrected chi connectivity index (χ1v) is 8.07. The van der Waals surface area contributed by atoms with Crippen molar-refractivity contribution in [1.82, 2.24) is 15.1 Å². The number of nitrogens with one attached hydrogen (secondary N) is 2. The van der Waals surface area contributed by atoms with Crippen LogP contribution in [-0.4, -0.2) is 56.7 Å². The van der Waals surface area contributed by atoms with Crippen LogP contribution in [0.2, 0.25) is 0 Å². The molecule has 2 rings (SSSR count). The van der Waals surface area contributed by atoms with Crippen LogP contribution >= 0.6 is 0 Å². The number of aliphatic hydroxyl groups is 1. The maximum atomic E-state index is 12.0. The minimum Gasteiger partial charge on any atom is -0.479 e. The Bertz CT molecular complexity index is 845. The quantitative estimate of drug-likeness (QED) is 0.528. The number of carboxylic acid groups (broad SMARTS) is 1. The molecule has 0 bridgehead atoms. The zero-order chi connectivity index (χ0) is 20.0. The molecule has 1 aromatic heterocycles. The van der Waals surface area contributed by atoms with Gasteiger partial charge in [0.25, 0.3) is 0 Å². The highest BCUT2D eigenvalue weighted by atomic mass is 16.5. The van der Waals surface area contributed by atoms with Gasteiger partial charge in [-0.3, -0.25) is 0 Å². The number of hydrogen-bond donors (Lipinski definition) is 4. The summed E-state index contributed by atoms with van der Waals surface area (Å²) in [5.74, 6) is -2.01. The molecule has 0 aliphatic heterocycles. The fourth-order valence-electron chi connectivity index (χ4n) is 2.05. The van der Waals surface area contributed by atoms with E-state index >= 15 is 0 Å². The Hall–Kier alpha value is -3.40. The molecule has 0 fully saturated rings. The van der Waals surface area contributed by atoms with Gasteiger partial charge < -0.3 is 25.6 Å². The second-order valence-electron chi connectivity index (χ2n) is 5.77. The summed E-state index contributed by atoms with van der Waals surface area (Å²) in [4.78, 5) is 34.6. The lowest BCUT2D eigenvalue weighted by atomic mass is 10.1. The largest absolute Gasteiger partial charge is 0.479 e. The minimum atomic E-state index is -2.09. The topological polar surface area (TPSA) is 143 Å². The Morgan fingerprint density at radius 2 is 1.96 bits per heavy atom. The van der Waals surface area contributed by atoms with E-state index in [2.05, 4.69) is 15.7 Å². The molecule has 4 N–H and O–H groups in total. The van der Waals surface area contributed by atoms with Crippen molar-refractivity contribution in [2.75, 3.05) is 18.5 Å². The van der Waals surface area contributed by atoms with E-state index in [1.807, 2.05) is 0 Å². The molecule has 0 spiro atoms. The SMILES string of the molecule is CCOC(=O)c1ccn(-c2ccccc2NC(=O)NCC(C)(O)C(=O)O)n1. The highest BCUT2D eigenvalue weighted by Gasteiger charge is 2.30. The zero-order valence-corrected chi connectivity index (χ0v) is 14.8. The molecule has 0 aliphatic carbocycles. The molecule has 2 amide bonds. The number of rotatable bonds is 7. The minimum absolute atomic E-state index is 0.119. The number of aromatic nitrogens is 2. The summed E-state index contributed by atoms with van der Waals surface area (Å²) in [6.07, 6.45) is 1.54. The average molecular weight is 376 g/mol. The normalized spacial score (nSPS) is 12.7. The molecule has 10 nitrogen and oxygen atoms in total. The van der Waals surface area contributed by atoms with E-state index in [0.29, 0.717) is 11.4 Å². The first-order chi connectivity index (χ1) is 12.7. The van der Waals surface area contributed by atoms with Crippen LogP contribution in [0.15, 0.2) is 36.5 Å². The number of anilines is 1. The van der Waals surface area contributed by atoms with Gasteiger partial charge in [-0.25, -0.2) is 19.1 Å². The van der Waals surface area contributed by atoms with E-state index in [4.69, 9.17) is 9.84 Å².